The maximum absolute atomic E-state index is 5.23. The topological polar surface area (TPSA) is 63.4 Å². The number of aryl methyl sites for hydroxylation is 2. The molecule has 0 unspecified atom stereocenters. The Balaban J connectivity index is 1.09. The van der Waals surface area contributed by atoms with Crippen LogP contribution in [0.2, 0.25) is 0 Å². The third kappa shape index (κ3) is 7.27. The molecule has 5 nitrogen and oxygen atoms in total. The number of aromatic nitrogens is 3. The van der Waals surface area contributed by atoms with Crippen LogP contribution in [0.15, 0.2) is 186 Å². The van der Waals surface area contributed by atoms with E-state index in [0.717, 1.165) is 100 Å². The summed E-state index contributed by atoms with van der Waals surface area (Å²) in [6, 6.07) is 56.6. The highest BCUT2D eigenvalue weighted by atomic mass is 14.8. The minimum Gasteiger partial charge on any atom is -0.280 e. The lowest BCUT2D eigenvalue weighted by Crippen LogP contribution is -2.00. The average Bonchev–Trinajstić information content (AvgIpc) is 3.26. The number of hydrogen-bond donors (Lipinski definition) is 0. The lowest BCUT2D eigenvalue weighted by molar-refractivity contribution is 1.07. The molecule has 0 atom stereocenters. The Kier molecular flexibility index (Phi) is 9.55. The van der Waals surface area contributed by atoms with E-state index in [1.807, 2.05) is 48.7 Å². The lowest BCUT2D eigenvalue weighted by atomic mass is 9.98. The quantitative estimate of drug-likeness (QED) is 0.110. The number of para-hydroxylation sites is 1. The third-order valence-electron chi connectivity index (χ3n) is 10.4. The largest absolute Gasteiger partial charge is 0.280 e. The highest BCUT2D eigenvalue weighted by Crippen LogP contribution is 2.33. The molecule has 0 N–H and O–H groups in total. The Morgan fingerprint density at radius 3 is 2.11 bits per heavy atom. The first kappa shape index (κ1) is 35.3. The van der Waals surface area contributed by atoms with Gasteiger partial charge < -0.3 is 0 Å². The third-order valence-corrected chi connectivity index (χ3v) is 10.4. The van der Waals surface area contributed by atoms with Crippen molar-refractivity contribution in [1.29, 1.82) is 0 Å². The van der Waals surface area contributed by atoms with Crippen LogP contribution in [0.25, 0.3) is 72.0 Å². The molecule has 0 radical (unpaired) electrons. The SMILES string of the molecule is C=N/C(=C\C(=N/Cc1ccccc1)c1ccc(-c2ccc3ccc4c(C)cc(-c5ccccc5)nc4c3n2)cc1)c1cccc(-c2cccc3cc(C)cnc23)c1. The summed E-state index contributed by atoms with van der Waals surface area (Å²) in [6.07, 6.45) is 3.96. The smallest absolute Gasteiger partial charge is 0.0975 e. The van der Waals surface area contributed by atoms with Crippen LogP contribution in [0.1, 0.15) is 27.8 Å². The lowest BCUT2D eigenvalue weighted by Gasteiger charge is -2.11. The first-order valence-electron chi connectivity index (χ1n) is 19.1. The normalized spacial score (nSPS) is 12.0. The molecule has 0 aliphatic heterocycles. The van der Waals surface area contributed by atoms with E-state index in [-0.39, 0.29) is 0 Å². The molecule has 0 aliphatic rings. The summed E-state index contributed by atoms with van der Waals surface area (Å²) in [5.74, 6) is 0. The predicted octanol–water partition coefficient (Wildman–Crippen LogP) is 12.7. The van der Waals surface area contributed by atoms with Gasteiger partial charge in [-0.25, -0.2) is 9.97 Å². The van der Waals surface area contributed by atoms with Gasteiger partial charge in [0.25, 0.3) is 0 Å². The number of allylic oxidation sites excluding steroid dienone is 1. The van der Waals surface area contributed by atoms with Crippen LogP contribution in [-0.4, -0.2) is 27.4 Å². The molecule has 272 valence electrons. The van der Waals surface area contributed by atoms with Crippen molar-refractivity contribution in [2.75, 3.05) is 0 Å². The molecule has 9 rings (SSSR count). The Morgan fingerprint density at radius 1 is 0.579 bits per heavy atom. The summed E-state index contributed by atoms with van der Waals surface area (Å²) in [6.45, 7) is 8.73. The van der Waals surface area contributed by atoms with Crippen molar-refractivity contribution in [3.8, 4) is 33.6 Å². The van der Waals surface area contributed by atoms with E-state index in [4.69, 9.17) is 19.9 Å². The zero-order valence-corrected chi connectivity index (χ0v) is 31.9. The van der Waals surface area contributed by atoms with Gasteiger partial charge in [-0.15, -0.1) is 0 Å². The molecule has 0 spiro atoms. The molecule has 0 saturated heterocycles. The number of hydrogen-bond acceptors (Lipinski definition) is 5. The number of fused-ring (bicyclic) bond motifs is 4. The van der Waals surface area contributed by atoms with Crippen molar-refractivity contribution >= 4 is 50.8 Å². The van der Waals surface area contributed by atoms with Crippen LogP contribution in [0.5, 0.6) is 0 Å². The summed E-state index contributed by atoms with van der Waals surface area (Å²) < 4.78 is 0. The maximum Gasteiger partial charge on any atom is 0.0975 e. The Morgan fingerprint density at radius 2 is 1.30 bits per heavy atom. The van der Waals surface area contributed by atoms with E-state index in [2.05, 4.69) is 153 Å². The van der Waals surface area contributed by atoms with E-state index < -0.39 is 0 Å². The Labute approximate surface area is 332 Å². The van der Waals surface area contributed by atoms with Crippen molar-refractivity contribution < 1.29 is 0 Å². The van der Waals surface area contributed by atoms with Gasteiger partial charge in [0.2, 0.25) is 0 Å². The van der Waals surface area contributed by atoms with Gasteiger partial charge in [-0.2, -0.15) is 0 Å². The van der Waals surface area contributed by atoms with Gasteiger partial charge >= 0.3 is 0 Å². The number of aliphatic imine (C=N–C) groups is 2. The molecule has 57 heavy (non-hydrogen) atoms. The van der Waals surface area contributed by atoms with Crippen LogP contribution < -0.4 is 0 Å². The van der Waals surface area contributed by atoms with Crippen molar-refractivity contribution in [2.45, 2.75) is 20.4 Å². The van der Waals surface area contributed by atoms with E-state index in [1.54, 1.807) is 0 Å². The first-order chi connectivity index (χ1) is 28.0. The van der Waals surface area contributed by atoms with Gasteiger partial charge in [-0.1, -0.05) is 140 Å². The first-order valence-corrected chi connectivity index (χ1v) is 19.1. The average molecular weight is 734 g/mol. The van der Waals surface area contributed by atoms with Crippen LogP contribution in [0.4, 0.5) is 0 Å². The molecule has 6 aromatic carbocycles. The number of nitrogens with zero attached hydrogens (tertiary/aromatic N) is 5. The second-order valence-corrected chi connectivity index (χ2v) is 14.3. The van der Waals surface area contributed by atoms with Gasteiger partial charge in [0.15, 0.2) is 0 Å². The van der Waals surface area contributed by atoms with Gasteiger partial charge in [-0.3, -0.25) is 15.0 Å². The number of benzene rings is 6. The molecule has 3 aromatic heterocycles. The van der Waals surface area contributed by atoms with Crippen molar-refractivity contribution in [2.24, 2.45) is 9.98 Å². The van der Waals surface area contributed by atoms with Crippen LogP contribution >= 0.6 is 0 Å². The highest BCUT2D eigenvalue weighted by molar-refractivity contribution is 6.13. The van der Waals surface area contributed by atoms with Crippen LogP contribution in [-0.2, 0) is 6.54 Å². The molecule has 5 heteroatoms. The molecule has 9 aromatic rings. The van der Waals surface area contributed by atoms with Crippen molar-refractivity contribution in [3.63, 3.8) is 0 Å². The molecule has 0 fully saturated rings. The van der Waals surface area contributed by atoms with Gasteiger partial charge in [-0.05, 0) is 78.7 Å². The number of rotatable bonds is 9. The fourth-order valence-electron chi connectivity index (χ4n) is 7.45. The molecule has 0 amide bonds. The summed E-state index contributed by atoms with van der Waals surface area (Å²) >= 11 is 0. The zero-order valence-electron chi connectivity index (χ0n) is 31.9. The monoisotopic (exact) mass is 733 g/mol. The van der Waals surface area contributed by atoms with Gasteiger partial charge in [0.05, 0.1) is 45.9 Å². The minimum atomic E-state index is 0.524. The van der Waals surface area contributed by atoms with Gasteiger partial charge in [0.1, 0.15) is 0 Å². The molecule has 3 heterocycles. The van der Waals surface area contributed by atoms with Crippen LogP contribution in [0.3, 0.4) is 0 Å². The zero-order chi connectivity index (χ0) is 38.7. The summed E-state index contributed by atoms with van der Waals surface area (Å²) in [7, 11) is 0. The highest BCUT2D eigenvalue weighted by Gasteiger charge is 2.13. The maximum atomic E-state index is 5.23. The summed E-state index contributed by atoms with van der Waals surface area (Å²) in [5.41, 5.74) is 15.7. The van der Waals surface area contributed by atoms with Gasteiger partial charge in [0, 0.05) is 44.6 Å². The summed E-state index contributed by atoms with van der Waals surface area (Å²) in [5, 5.41) is 3.28. The fourth-order valence-corrected chi connectivity index (χ4v) is 7.45. The van der Waals surface area contributed by atoms with Crippen molar-refractivity contribution in [3.05, 3.63) is 204 Å². The Bertz CT molecular complexity index is 3000. The molecule has 0 bridgehead atoms. The number of pyridine rings is 3. The second-order valence-electron chi connectivity index (χ2n) is 14.3. The van der Waals surface area contributed by atoms with E-state index in [9.17, 15) is 0 Å². The molecular formula is C52H39N5. The molecule has 0 aliphatic carbocycles. The molecular weight excluding hydrogens is 695 g/mol. The minimum absolute atomic E-state index is 0.524. The van der Waals surface area contributed by atoms with Crippen molar-refractivity contribution in [1.82, 2.24) is 15.0 Å². The second kappa shape index (κ2) is 15.4. The van der Waals surface area contributed by atoms with Crippen LogP contribution in [0, 0.1) is 13.8 Å². The Hall–Kier alpha value is -7.37. The predicted molar refractivity (Wildman–Crippen MR) is 239 cm³/mol. The molecule has 0 saturated carbocycles. The van der Waals surface area contributed by atoms with E-state index in [1.165, 1.54) is 5.56 Å². The summed E-state index contributed by atoms with van der Waals surface area (Å²) in [4.78, 5) is 24.8. The van der Waals surface area contributed by atoms with E-state index in [0.29, 0.717) is 6.54 Å². The van der Waals surface area contributed by atoms with E-state index >= 15 is 0 Å². The standard InChI is InChI=1S/C52H39N5/c1-34-28-43-18-11-19-45(50(43)55-32-34)41-16-10-17-42(30-41)47(53-3)31-48(54-33-36-12-6-4-7-13-36)39-22-20-38(21-23-39)46-27-25-40-24-26-44-35(2)29-49(37-14-8-5-9-15-37)57-52(44)51(40)56-46/h4-32H,3,33H2,1-2H3/b47-31-,54-48+. The fraction of sp³-hybridized carbons (Fsp3) is 0.0577.